The van der Waals surface area contributed by atoms with Crippen LogP contribution in [0.3, 0.4) is 0 Å². The van der Waals surface area contributed by atoms with Crippen molar-refractivity contribution in [3.8, 4) is 0 Å². The summed E-state index contributed by atoms with van der Waals surface area (Å²) in [6.07, 6.45) is 2.53. The zero-order valence-corrected chi connectivity index (χ0v) is 11.5. The minimum Gasteiger partial charge on any atom is -0.382 e. The van der Waals surface area contributed by atoms with E-state index >= 15 is 0 Å². The fourth-order valence-corrected chi connectivity index (χ4v) is 1.99. The molecule has 5 nitrogen and oxygen atoms in total. The first-order valence-corrected chi connectivity index (χ1v) is 6.60. The van der Waals surface area contributed by atoms with Crippen molar-refractivity contribution >= 4 is 23.0 Å². The Bertz CT molecular complexity index is 568. The zero-order valence-electron chi connectivity index (χ0n) is 10.7. The second-order valence-corrected chi connectivity index (χ2v) is 4.38. The Morgan fingerprint density at radius 3 is 3.11 bits per heavy atom. The summed E-state index contributed by atoms with van der Waals surface area (Å²) < 4.78 is 6.79. The number of carbonyl (C=O) groups is 1. The van der Waals surface area contributed by atoms with Gasteiger partial charge < -0.3 is 10.1 Å². The Kier molecular flexibility index (Phi) is 4.76. The van der Waals surface area contributed by atoms with Gasteiger partial charge in [-0.25, -0.2) is 4.52 Å². The quantitative estimate of drug-likeness (QED) is 0.826. The smallest absolute Gasteiger partial charge is 0.273 e. The Labute approximate surface area is 116 Å². The average Bonchev–Trinajstić information content (AvgIpc) is 2.76. The van der Waals surface area contributed by atoms with Crippen molar-refractivity contribution < 1.29 is 9.53 Å². The van der Waals surface area contributed by atoms with Gasteiger partial charge in [0, 0.05) is 26.0 Å². The molecule has 0 saturated carbocycles. The maximum atomic E-state index is 12.0. The van der Waals surface area contributed by atoms with Crippen LogP contribution in [0.15, 0.2) is 24.4 Å². The molecule has 0 bridgehead atoms. The van der Waals surface area contributed by atoms with Gasteiger partial charge in [0.05, 0.1) is 10.5 Å². The van der Waals surface area contributed by atoms with Crippen LogP contribution in [0.2, 0.25) is 5.02 Å². The maximum absolute atomic E-state index is 12.0. The van der Waals surface area contributed by atoms with Crippen molar-refractivity contribution in [3.05, 3.63) is 35.1 Å². The van der Waals surface area contributed by atoms with Crippen LogP contribution in [0, 0.1) is 0 Å². The molecule has 2 heterocycles. The molecule has 102 valence electrons. The van der Waals surface area contributed by atoms with E-state index in [4.69, 9.17) is 16.3 Å². The van der Waals surface area contributed by atoms with Gasteiger partial charge in [0.25, 0.3) is 5.91 Å². The normalized spacial score (nSPS) is 10.8. The molecule has 0 spiro atoms. The van der Waals surface area contributed by atoms with Gasteiger partial charge in [0.15, 0.2) is 5.69 Å². The number of rotatable bonds is 6. The highest BCUT2D eigenvalue weighted by Gasteiger charge is 2.16. The molecule has 2 aromatic rings. The van der Waals surface area contributed by atoms with E-state index in [9.17, 15) is 4.79 Å². The fraction of sp³-hybridized carbons (Fsp3) is 0.385. The van der Waals surface area contributed by atoms with Crippen LogP contribution in [0.5, 0.6) is 0 Å². The molecule has 0 fully saturated rings. The van der Waals surface area contributed by atoms with Crippen LogP contribution in [0.4, 0.5) is 0 Å². The van der Waals surface area contributed by atoms with Crippen LogP contribution in [0.25, 0.3) is 5.52 Å². The number of halogens is 1. The predicted molar refractivity (Wildman–Crippen MR) is 73.6 cm³/mol. The first-order valence-electron chi connectivity index (χ1n) is 6.23. The summed E-state index contributed by atoms with van der Waals surface area (Å²) in [5, 5.41) is 7.33. The summed E-state index contributed by atoms with van der Waals surface area (Å²) in [6, 6.07) is 5.51. The molecule has 2 aromatic heterocycles. The first kappa shape index (κ1) is 13.8. The lowest BCUT2D eigenvalue weighted by Gasteiger charge is -2.03. The minimum atomic E-state index is -0.259. The van der Waals surface area contributed by atoms with Gasteiger partial charge in [-0.3, -0.25) is 4.79 Å². The molecule has 0 unspecified atom stereocenters. The zero-order chi connectivity index (χ0) is 13.7. The molecular formula is C13H16ClN3O2. The number of aromatic nitrogens is 2. The summed E-state index contributed by atoms with van der Waals surface area (Å²) in [6.45, 7) is 3.81. The van der Waals surface area contributed by atoms with E-state index in [1.807, 2.05) is 25.1 Å². The number of carbonyl (C=O) groups excluding carboxylic acids is 1. The molecule has 1 amide bonds. The summed E-state index contributed by atoms with van der Waals surface area (Å²) in [5.41, 5.74) is 0.980. The van der Waals surface area contributed by atoms with Gasteiger partial charge in [-0.1, -0.05) is 17.7 Å². The highest BCUT2D eigenvalue weighted by molar-refractivity contribution is 6.36. The van der Waals surface area contributed by atoms with Crippen LogP contribution in [-0.4, -0.2) is 35.3 Å². The van der Waals surface area contributed by atoms with Crippen molar-refractivity contribution in [1.82, 2.24) is 14.9 Å². The van der Waals surface area contributed by atoms with Crippen molar-refractivity contribution in [2.24, 2.45) is 0 Å². The van der Waals surface area contributed by atoms with E-state index in [0.717, 1.165) is 11.9 Å². The number of fused-ring (bicyclic) bond motifs is 1. The van der Waals surface area contributed by atoms with Crippen molar-refractivity contribution in [1.29, 1.82) is 0 Å². The fourth-order valence-electron chi connectivity index (χ4n) is 1.72. The van der Waals surface area contributed by atoms with Crippen LogP contribution in [0.1, 0.15) is 23.8 Å². The van der Waals surface area contributed by atoms with Gasteiger partial charge in [-0.05, 0) is 25.5 Å². The number of amides is 1. The third-order valence-electron chi connectivity index (χ3n) is 2.65. The van der Waals surface area contributed by atoms with Gasteiger partial charge in [0.1, 0.15) is 0 Å². The van der Waals surface area contributed by atoms with E-state index < -0.39 is 0 Å². The van der Waals surface area contributed by atoms with Crippen molar-refractivity contribution in [2.75, 3.05) is 19.8 Å². The van der Waals surface area contributed by atoms with E-state index in [-0.39, 0.29) is 11.6 Å². The van der Waals surface area contributed by atoms with E-state index in [1.165, 1.54) is 0 Å². The Hall–Kier alpha value is -1.59. The van der Waals surface area contributed by atoms with E-state index in [1.54, 1.807) is 10.7 Å². The highest BCUT2D eigenvalue weighted by Crippen LogP contribution is 2.21. The molecule has 0 aliphatic heterocycles. The first-order chi connectivity index (χ1) is 9.24. The summed E-state index contributed by atoms with van der Waals surface area (Å²) in [4.78, 5) is 12.0. The number of nitrogens with zero attached hydrogens (tertiary/aromatic N) is 2. The number of nitrogens with one attached hydrogen (secondary N) is 1. The molecule has 0 aliphatic rings. The Balaban J connectivity index is 1.99. The second kappa shape index (κ2) is 6.54. The van der Waals surface area contributed by atoms with Crippen LogP contribution < -0.4 is 5.32 Å². The van der Waals surface area contributed by atoms with E-state index in [2.05, 4.69) is 10.4 Å². The Morgan fingerprint density at radius 2 is 2.37 bits per heavy atom. The number of hydrogen-bond acceptors (Lipinski definition) is 3. The van der Waals surface area contributed by atoms with Crippen molar-refractivity contribution in [3.63, 3.8) is 0 Å². The summed E-state index contributed by atoms with van der Waals surface area (Å²) in [7, 11) is 0. The molecule has 19 heavy (non-hydrogen) atoms. The van der Waals surface area contributed by atoms with Crippen molar-refractivity contribution in [2.45, 2.75) is 13.3 Å². The van der Waals surface area contributed by atoms with Gasteiger partial charge >= 0.3 is 0 Å². The SMILES string of the molecule is CCOCCCNC(=O)c1nn2ccccc2c1Cl. The third-order valence-corrected chi connectivity index (χ3v) is 3.02. The lowest BCUT2D eigenvalue weighted by Crippen LogP contribution is -2.26. The summed E-state index contributed by atoms with van der Waals surface area (Å²) in [5.74, 6) is -0.259. The molecule has 0 radical (unpaired) electrons. The topological polar surface area (TPSA) is 55.6 Å². The van der Waals surface area contributed by atoms with Crippen LogP contribution >= 0.6 is 11.6 Å². The van der Waals surface area contributed by atoms with E-state index in [0.29, 0.717) is 24.8 Å². The lowest BCUT2D eigenvalue weighted by atomic mass is 10.3. The standard InChI is InChI=1S/C13H16ClN3O2/c1-2-19-9-5-7-15-13(18)12-11(14)10-6-3-4-8-17(10)16-12/h3-4,6,8H,2,5,7,9H2,1H3,(H,15,18). The predicted octanol–water partition coefficient (Wildman–Crippen LogP) is 2.14. The van der Waals surface area contributed by atoms with Gasteiger partial charge in [-0.15, -0.1) is 0 Å². The molecular weight excluding hydrogens is 266 g/mol. The molecule has 1 N–H and O–H groups in total. The molecule has 0 aromatic carbocycles. The highest BCUT2D eigenvalue weighted by atomic mass is 35.5. The van der Waals surface area contributed by atoms with Gasteiger partial charge in [-0.2, -0.15) is 5.10 Å². The second-order valence-electron chi connectivity index (χ2n) is 4.00. The minimum absolute atomic E-state index is 0.254. The van der Waals surface area contributed by atoms with Crippen LogP contribution in [-0.2, 0) is 4.74 Å². The molecule has 0 atom stereocenters. The molecule has 2 rings (SSSR count). The monoisotopic (exact) mass is 281 g/mol. The Morgan fingerprint density at radius 1 is 1.53 bits per heavy atom. The average molecular weight is 282 g/mol. The summed E-state index contributed by atoms with van der Waals surface area (Å²) >= 11 is 6.15. The third kappa shape index (κ3) is 3.24. The number of ether oxygens (including phenoxy) is 1. The molecule has 0 aliphatic carbocycles. The number of pyridine rings is 1. The lowest BCUT2D eigenvalue weighted by molar-refractivity contribution is 0.0939. The molecule has 6 heteroatoms. The maximum Gasteiger partial charge on any atom is 0.273 e. The largest absolute Gasteiger partial charge is 0.382 e. The number of hydrogen-bond donors (Lipinski definition) is 1. The molecule has 0 saturated heterocycles. The van der Waals surface area contributed by atoms with Gasteiger partial charge in [0.2, 0.25) is 0 Å².